The Balaban J connectivity index is 1.40. The van der Waals surface area contributed by atoms with E-state index in [1.165, 1.54) is 63.4 Å². The van der Waals surface area contributed by atoms with Crippen LogP contribution in [0.5, 0.6) is 0 Å². The molecule has 0 unspecified atom stereocenters. The Morgan fingerprint density at radius 2 is 1.50 bits per heavy atom. The minimum absolute atomic E-state index is 0.322. The Morgan fingerprint density at radius 1 is 0.885 bits per heavy atom. The van der Waals surface area contributed by atoms with Crippen molar-refractivity contribution in [1.29, 1.82) is 5.26 Å². The van der Waals surface area contributed by atoms with Gasteiger partial charge < -0.3 is 0 Å². The van der Waals surface area contributed by atoms with Gasteiger partial charge in [0.25, 0.3) is 0 Å². The molecule has 0 N–H and O–H groups in total. The van der Waals surface area contributed by atoms with Gasteiger partial charge in [-0.15, -0.1) is 0 Å². The van der Waals surface area contributed by atoms with Crippen molar-refractivity contribution in [1.82, 2.24) is 0 Å². The average molecular weight is 354 g/mol. The van der Waals surface area contributed by atoms with Crippen molar-refractivity contribution >= 4 is 0 Å². The highest BCUT2D eigenvalue weighted by Crippen LogP contribution is 2.44. The largest absolute Gasteiger partial charge is 0.247 e. The maximum Gasteiger partial charge on any atom is 0.108 e. The molecule has 3 rings (SSSR count). The van der Waals surface area contributed by atoms with Crippen molar-refractivity contribution in [2.24, 2.45) is 17.8 Å². The van der Waals surface area contributed by atoms with E-state index in [0.29, 0.717) is 5.92 Å². The molecule has 0 bridgehead atoms. The van der Waals surface area contributed by atoms with E-state index in [4.69, 9.17) is 5.26 Å². The number of hydrogen-bond acceptors (Lipinski definition) is 1. The highest BCUT2D eigenvalue weighted by molar-refractivity contribution is 5.33. The van der Waals surface area contributed by atoms with Crippen LogP contribution in [-0.4, -0.2) is 6.67 Å². The first-order valence-electron chi connectivity index (χ1n) is 10.5. The molecule has 2 fully saturated rings. The van der Waals surface area contributed by atoms with Gasteiger partial charge in [-0.2, -0.15) is 5.26 Å². The molecule has 1 nitrogen and oxygen atoms in total. The van der Waals surface area contributed by atoms with E-state index in [1.807, 2.05) is 18.2 Å². The van der Waals surface area contributed by atoms with Crippen LogP contribution in [0, 0.1) is 29.1 Å². The Labute approximate surface area is 158 Å². The fourth-order valence-electron chi connectivity index (χ4n) is 5.21. The molecular weight excluding hydrogens is 321 g/mol. The third kappa shape index (κ3) is 5.19. The Morgan fingerprint density at radius 3 is 2.08 bits per heavy atom. The summed E-state index contributed by atoms with van der Waals surface area (Å²) in [5.74, 6) is 3.43. The number of rotatable bonds is 6. The molecular formula is C24H32FN. The van der Waals surface area contributed by atoms with Crippen LogP contribution in [0.4, 0.5) is 4.39 Å². The van der Waals surface area contributed by atoms with Crippen LogP contribution < -0.4 is 0 Å². The topological polar surface area (TPSA) is 23.8 Å². The molecule has 26 heavy (non-hydrogen) atoms. The second-order valence-corrected chi connectivity index (χ2v) is 8.33. The van der Waals surface area contributed by atoms with E-state index in [-0.39, 0.29) is 6.67 Å². The van der Waals surface area contributed by atoms with Crippen molar-refractivity contribution in [3.63, 3.8) is 0 Å². The summed E-state index contributed by atoms with van der Waals surface area (Å²) in [6.07, 6.45) is 16.9. The lowest BCUT2D eigenvalue weighted by Crippen LogP contribution is -2.25. The summed E-state index contributed by atoms with van der Waals surface area (Å²) >= 11 is 0. The van der Waals surface area contributed by atoms with Crippen LogP contribution >= 0.6 is 0 Å². The third-order valence-electron chi connectivity index (χ3n) is 6.84. The predicted octanol–water partition coefficient (Wildman–Crippen LogP) is 6.94. The molecule has 0 aliphatic heterocycles. The molecule has 0 radical (unpaired) electrons. The van der Waals surface area contributed by atoms with Gasteiger partial charge >= 0.3 is 0 Å². The number of benzene rings is 1. The lowest BCUT2D eigenvalue weighted by Gasteiger charge is -2.38. The number of nitriles is 1. The van der Waals surface area contributed by atoms with Crippen molar-refractivity contribution in [3.8, 4) is 6.07 Å². The zero-order chi connectivity index (χ0) is 18.2. The van der Waals surface area contributed by atoms with Gasteiger partial charge in [-0.1, -0.05) is 37.1 Å². The van der Waals surface area contributed by atoms with Gasteiger partial charge in [0.2, 0.25) is 0 Å². The maximum atomic E-state index is 12.1. The van der Waals surface area contributed by atoms with E-state index in [2.05, 4.69) is 18.2 Å². The van der Waals surface area contributed by atoms with Crippen LogP contribution in [0.15, 0.2) is 36.4 Å². The number of halogens is 1. The van der Waals surface area contributed by atoms with Gasteiger partial charge in [0, 0.05) is 0 Å². The molecule has 1 aromatic carbocycles. The fraction of sp³-hybridized carbons (Fsp3) is 0.625. The molecule has 2 aliphatic rings. The van der Waals surface area contributed by atoms with Gasteiger partial charge in [-0.25, -0.2) is 4.39 Å². The fourth-order valence-corrected chi connectivity index (χ4v) is 5.21. The van der Waals surface area contributed by atoms with Gasteiger partial charge in [0.15, 0.2) is 0 Å². The van der Waals surface area contributed by atoms with Crippen molar-refractivity contribution in [3.05, 3.63) is 47.5 Å². The molecule has 2 aliphatic carbocycles. The molecule has 0 atom stereocenters. The van der Waals surface area contributed by atoms with Crippen LogP contribution in [0.1, 0.15) is 81.3 Å². The monoisotopic (exact) mass is 353 g/mol. The normalized spacial score (nSPS) is 29.5. The standard InChI is InChI=1S/C24H32FN/c25-17-3-1-2-4-19-5-9-21(10-6-19)23-13-15-24(16-14-23)22-11-7-20(18-26)8-12-22/h1,3,7-8,11-12,19,21,23-24H,2,4-6,9-10,13-17H2/t19-,21-,23-,24-. The SMILES string of the molecule is N#Cc1ccc([C@H]2CC[C@H]([C@H]3CC[C@H](CCC=CCF)CC3)CC2)cc1. The van der Waals surface area contributed by atoms with Gasteiger partial charge in [-0.05, 0) is 92.7 Å². The first kappa shape index (κ1) is 19.2. The summed E-state index contributed by atoms with van der Waals surface area (Å²) in [5, 5.41) is 8.94. The summed E-state index contributed by atoms with van der Waals surface area (Å²) in [7, 11) is 0. The molecule has 0 amide bonds. The molecule has 1 aromatic rings. The van der Waals surface area contributed by atoms with Crippen molar-refractivity contribution in [2.45, 2.75) is 70.1 Å². The summed E-state index contributed by atoms with van der Waals surface area (Å²) in [5.41, 5.74) is 2.19. The van der Waals surface area contributed by atoms with E-state index >= 15 is 0 Å². The Kier molecular flexibility index (Phi) is 7.30. The number of nitrogens with zero attached hydrogens (tertiary/aromatic N) is 1. The van der Waals surface area contributed by atoms with E-state index in [9.17, 15) is 4.39 Å². The summed E-state index contributed by atoms with van der Waals surface area (Å²) < 4.78 is 12.1. The number of allylic oxidation sites excluding steroid dienone is 2. The van der Waals surface area contributed by atoms with Gasteiger partial charge in [0.1, 0.15) is 6.67 Å². The average Bonchev–Trinajstić information content (AvgIpc) is 2.72. The Hall–Kier alpha value is -1.62. The van der Waals surface area contributed by atoms with E-state index in [1.54, 1.807) is 6.08 Å². The number of alkyl halides is 1. The molecule has 140 valence electrons. The van der Waals surface area contributed by atoms with E-state index < -0.39 is 0 Å². The summed E-state index contributed by atoms with van der Waals surface area (Å²) in [6.45, 7) is -0.322. The lowest BCUT2D eigenvalue weighted by atomic mass is 9.68. The molecule has 2 saturated carbocycles. The quantitative estimate of drug-likeness (QED) is 0.508. The highest BCUT2D eigenvalue weighted by atomic mass is 19.1. The highest BCUT2D eigenvalue weighted by Gasteiger charge is 2.31. The second-order valence-electron chi connectivity index (χ2n) is 8.33. The van der Waals surface area contributed by atoms with Crippen LogP contribution in [0.3, 0.4) is 0 Å². The third-order valence-corrected chi connectivity index (χ3v) is 6.84. The first-order chi connectivity index (χ1) is 12.8. The van der Waals surface area contributed by atoms with Gasteiger partial charge in [0.05, 0.1) is 11.6 Å². The molecule has 0 heterocycles. The van der Waals surface area contributed by atoms with Crippen LogP contribution in [0.2, 0.25) is 0 Å². The minimum Gasteiger partial charge on any atom is -0.247 e. The summed E-state index contributed by atoms with van der Waals surface area (Å²) in [6, 6.07) is 10.5. The van der Waals surface area contributed by atoms with Crippen LogP contribution in [0.25, 0.3) is 0 Å². The zero-order valence-electron chi connectivity index (χ0n) is 15.9. The Bertz CT molecular complexity index is 596. The lowest BCUT2D eigenvalue weighted by molar-refractivity contribution is 0.157. The van der Waals surface area contributed by atoms with Crippen molar-refractivity contribution < 1.29 is 4.39 Å². The number of hydrogen-bond donors (Lipinski definition) is 0. The predicted molar refractivity (Wildman–Crippen MR) is 106 cm³/mol. The van der Waals surface area contributed by atoms with Crippen molar-refractivity contribution in [2.75, 3.05) is 6.67 Å². The summed E-state index contributed by atoms with van der Waals surface area (Å²) in [4.78, 5) is 0. The molecule has 0 aromatic heterocycles. The smallest absolute Gasteiger partial charge is 0.108 e. The zero-order valence-corrected chi connectivity index (χ0v) is 15.9. The van der Waals surface area contributed by atoms with Crippen LogP contribution in [-0.2, 0) is 0 Å². The molecule has 0 spiro atoms. The van der Waals surface area contributed by atoms with Gasteiger partial charge in [-0.3, -0.25) is 0 Å². The molecule has 0 saturated heterocycles. The molecule has 2 heteroatoms. The first-order valence-corrected chi connectivity index (χ1v) is 10.5. The second kappa shape index (κ2) is 9.91. The van der Waals surface area contributed by atoms with E-state index in [0.717, 1.165) is 29.7 Å². The maximum absolute atomic E-state index is 12.1. The minimum atomic E-state index is -0.322.